The Hall–Kier alpha value is -1.59. The Bertz CT molecular complexity index is 583. The molecule has 2 unspecified atom stereocenters. The van der Waals surface area contributed by atoms with Crippen LogP contribution in [0.1, 0.15) is 29.1 Å². The Labute approximate surface area is 116 Å². The summed E-state index contributed by atoms with van der Waals surface area (Å²) in [4.78, 5) is 4.27. The van der Waals surface area contributed by atoms with E-state index in [0.717, 1.165) is 28.5 Å². The summed E-state index contributed by atoms with van der Waals surface area (Å²) < 4.78 is 11.3. The summed E-state index contributed by atoms with van der Waals surface area (Å²) in [6.07, 6.45) is 2.89. The van der Waals surface area contributed by atoms with Gasteiger partial charge in [0, 0.05) is 29.1 Å². The number of ether oxygens (including phenoxy) is 2. The standard InChI is InChI=1S/C14H16N2O2S/c1-8-5-9-6-12(17-2)10(7-11(9)18-8)13(15)14-16-3-4-19-14/h3-4,6-8,13H,5,15H2,1-2H3. The van der Waals surface area contributed by atoms with E-state index < -0.39 is 0 Å². The number of hydrogen-bond donors (Lipinski definition) is 1. The lowest BCUT2D eigenvalue weighted by Crippen LogP contribution is -2.13. The van der Waals surface area contributed by atoms with Gasteiger partial charge in [-0.25, -0.2) is 4.98 Å². The minimum atomic E-state index is -0.278. The van der Waals surface area contributed by atoms with Crippen LogP contribution in [0.2, 0.25) is 0 Å². The zero-order valence-corrected chi connectivity index (χ0v) is 11.7. The van der Waals surface area contributed by atoms with E-state index in [0.29, 0.717) is 0 Å². The highest BCUT2D eigenvalue weighted by Crippen LogP contribution is 2.38. The van der Waals surface area contributed by atoms with E-state index in [2.05, 4.69) is 11.9 Å². The molecule has 0 saturated heterocycles. The summed E-state index contributed by atoms with van der Waals surface area (Å²) in [6, 6.07) is 3.74. The van der Waals surface area contributed by atoms with E-state index in [1.807, 2.05) is 17.5 Å². The van der Waals surface area contributed by atoms with Gasteiger partial charge in [-0.1, -0.05) is 0 Å². The molecule has 100 valence electrons. The highest BCUT2D eigenvalue weighted by molar-refractivity contribution is 7.09. The molecular formula is C14H16N2O2S. The average molecular weight is 276 g/mol. The van der Waals surface area contributed by atoms with Gasteiger partial charge in [0.1, 0.15) is 22.6 Å². The van der Waals surface area contributed by atoms with Gasteiger partial charge in [0.25, 0.3) is 0 Å². The lowest BCUT2D eigenvalue weighted by atomic mass is 10.0. The second-order valence-corrected chi connectivity index (χ2v) is 5.61. The Kier molecular flexibility index (Phi) is 3.16. The second kappa shape index (κ2) is 4.83. The molecule has 2 heterocycles. The zero-order chi connectivity index (χ0) is 13.4. The molecule has 2 aromatic rings. The predicted octanol–water partition coefficient (Wildman–Crippen LogP) is 2.52. The molecule has 3 rings (SSSR count). The Morgan fingerprint density at radius 1 is 1.53 bits per heavy atom. The van der Waals surface area contributed by atoms with Crippen molar-refractivity contribution in [1.82, 2.24) is 4.98 Å². The fraction of sp³-hybridized carbons (Fsp3) is 0.357. The van der Waals surface area contributed by atoms with Gasteiger partial charge >= 0.3 is 0 Å². The van der Waals surface area contributed by atoms with Crippen LogP contribution in [-0.4, -0.2) is 18.2 Å². The topological polar surface area (TPSA) is 57.4 Å². The van der Waals surface area contributed by atoms with E-state index in [9.17, 15) is 0 Å². The molecule has 4 nitrogen and oxygen atoms in total. The predicted molar refractivity (Wildman–Crippen MR) is 74.9 cm³/mol. The van der Waals surface area contributed by atoms with Crippen molar-refractivity contribution in [1.29, 1.82) is 0 Å². The summed E-state index contributed by atoms with van der Waals surface area (Å²) in [7, 11) is 1.67. The molecule has 0 saturated carbocycles. The Morgan fingerprint density at radius 2 is 2.37 bits per heavy atom. The number of benzene rings is 1. The first kappa shape index (κ1) is 12.4. The maximum Gasteiger partial charge on any atom is 0.124 e. The van der Waals surface area contributed by atoms with Crippen molar-refractivity contribution in [2.24, 2.45) is 5.73 Å². The van der Waals surface area contributed by atoms with Crippen molar-refractivity contribution in [2.45, 2.75) is 25.5 Å². The Balaban J connectivity index is 2.04. The van der Waals surface area contributed by atoms with Gasteiger partial charge in [0.2, 0.25) is 0 Å². The van der Waals surface area contributed by atoms with Crippen molar-refractivity contribution in [2.75, 3.05) is 7.11 Å². The number of rotatable bonds is 3. The molecule has 0 amide bonds. The molecule has 1 aromatic heterocycles. The normalized spacial score (nSPS) is 18.8. The number of nitrogens with zero attached hydrogens (tertiary/aromatic N) is 1. The van der Waals surface area contributed by atoms with Crippen LogP contribution in [-0.2, 0) is 6.42 Å². The van der Waals surface area contributed by atoms with Gasteiger partial charge in [-0.2, -0.15) is 0 Å². The molecule has 1 aromatic carbocycles. The highest BCUT2D eigenvalue weighted by Gasteiger charge is 2.24. The van der Waals surface area contributed by atoms with Crippen LogP contribution < -0.4 is 15.2 Å². The first-order valence-corrected chi connectivity index (χ1v) is 7.09. The van der Waals surface area contributed by atoms with Gasteiger partial charge in [-0.3, -0.25) is 0 Å². The van der Waals surface area contributed by atoms with Gasteiger partial charge in [-0.05, 0) is 19.1 Å². The number of methoxy groups -OCH3 is 1. The number of fused-ring (bicyclic) bond motifs is 1. The number of aromatic nitrogens is 1. The average Bonchev–Trinajstić information content (AvgIpc) is 3.03. The molecule has 2 N–H and O–H groups in total. The van der Waals surface area contributed by atoms with E-state index >= 15 is 0 Å². The van der Waals surface area contributed by atoms with Crippen molar-refractivity contribution in [3.8, 4) is 11.5 Å². The molecular weight excluding hydrogens is 260 g/mol. The van der Waals surface area contributed by atoms with E-state index in [1.165, 1.54) is 5.56 Å². The number of hydrogen-bond acceptors (Lipinski definition) is 5. The first-order chi connectivity index (χ1) is 9.19. The molecule has 0 aliphatic carbocycles. The van der Waals surface area contributed by atoms with Crippen molar-refractivity contribution >= 4 is 11.3 Å². The third kappa shape index (κ3) is 2.19. The lowest BCUT2D eigenvalue weighted by Gasteiger charge is -2.15. The monoisotopic (exact) mass is 276 g/mol. The largest absolute Gasteiger partial charge is 0.496 e. The summed E-state index contributed by atoms with van der Waals surface area (Å²) in [5, 5.41) is 2.80. The van der Waals surface area contributed by atoms with Crippen LogP contribution in [0.15, 0.2) is 23.7 Å². The maximum atomic E-state index is 6.28. The number of thiazole rings is 1. The second-order valence-electron chi connectivity index (χ2n) is 4.68. The van der Waals surface area contributed by atoms with Crippen molar-refractivity contribution in [3.63, 3.8) is 0 Å². The molecule has 0 bridgehead atoms. The molecule has 19 heavy (non-hydrogen) atoms. The Morgan fingerprint density at radius 3 is 3.05 bits per heavy atom. The molecule has 1 aliphatic heterocycles. The summed E-state index contributed by atoms with van der Waals surface area (Å²) >= 11 is 1.55. The molecule has 0 radical (unpaired) electrons. The maximum absolute atomic E-state index is 6.28. The smallest absolute Gasteiger partial charge is 0.124 e. The molecule has 2 atom stereocenters. The minimum Gasteiger partial charge on any atom is -0.496 e. The fourth-order valence-electron chi connectivity index (χ4n) is 2.40. The SMILES string of the molecule is COc1cc2c(cc1C(N)c1nccs1)OC(C)C2. The lowest BCUT2D eigenvalue weighted by molar-refractivity contribution is 0.254. The van der Waals surface area contributed by atoms with Crippen molar-refractivity contribution < 1.29 is 9.47 Å². The van der Waals surface area contributed by atoms with Gasteiger partial charge < -0.3 is 15.2 Å². The fourth-order valence-corrected chi connectivity index (χ4v) is 3.05. The van der Waals surface area contributed by atoms with Gasteiger partial charge in [0.15, 0.2) is 0 Å². The van der Waals surface area contributed by atoms with E-state index in [-0.39, 0.29) is 12.1 Å². The van der Waals surface area contributed by atoms with Crippen LogP contribution in [0, 0.1) is 0 Å². The molecule has 0 fully saturated rings. The quantitative estimate of drug-likeness (QED) is 0.936. The number of nitrogens with two attached hydrogens (primary N) is 1. The third-order valence-corrected chi connectivity index (χ3v) is 4.16. The molecule has 5 heteroatoms. The summed E-state index contributed by atoms with van der Waals surface area (Å²) in [5.41, 5.74) is 8.38. The van der Waals surface area contributed by atoms with Crippen LogP contribution in [0.25, 0.3) is 0 Å². The van der Waals surface area contributed by atoms with Gasteiger partial charge in [0.05, 0.1) is 13.2 Å². The summed E-state index contributed by atoms with van der Waals surface area (Å²) in [5.74, 6) is 1.72. The van der Waals surface area contributed by atoms with E-state index in [1.54, 1.807) is 24.6 Å². The first-order valence-electron chi connectivity index (χ1n) is 6.21. The van der Waals surface area contributed by atoms with Crippen LogP contribution in [0.3, 0.4) is 0 Å². The van der Waals surface area contributed by atoms with Crippen molar-refractivity contribution in [3.05, 3.63) is 39.8 Å². The van der Waals surface area contributed by atoms with Gasteiger partial charge in [-0.15, -0.1) is 11.3 Å². The molecule has 1 aliphatic rings. The van der Waals surface area contributed by atoms with Crippen LogP contribution >= 0.6 is 11.3 Å². The van der Waals surface area contributed by atoms with Crippen LogP contribution in [0.4, 0.5) is 0 Å². The summed E-state index contributed by atoms with van der Waals surface area (Å²) in [6.45, 7) is 2.06. The minimum absolute atomic E-state index is 0.214. The van der Waals surface area contributed by atoms with E-state index in [4.69, 9.17) is 15.2 Å². The molecule has 0 spiro atoms. The van der Waals surface area contributed by atoms with Crippen LogP contribution in [0.5, 0.6) is 11.5 Å². The third-order valence-electron chi connectivity index (χ3n) is 3.30. The highest BCUT2D eigenvalue weighted by atomic mass is 32.1. The zero-order valence-electron chi connectivity index (χ0n) is 10.9.